The maximum atomic E-state index is 6.14. The van der Waals surface area contributed by atoms with E-state index < -0.39 is 0 Å². The lowest BCUT2D eigenvalue weighted by molar-refractivity contribution is 0.699. The van der Waals surface area contributed by atoms with Gasteiger partial charge in [-0.05, 0) is 11.8 Å². The van der Waals surface area contributed by atoms with Crippen molar-refractivity contribution in [2.24, 2.45) is 0 Å². The molecule has 19 heavy (non-hydrogen) atoms. The summed E-state index contributed by atoms with van der Waals surface area (Å²) in [5.41, 5.74) is 1.95. The molecule has 1 aromatic carbocycles. The van der Waals surface area contributed by atoms with Gasteiger partial charge in [-0.15, -0.1) is 0 Å². The first-order valence-electron chi connectivity index (χ1n) is 5.75. The minimum atomic E-state index is 0.452. The average molecular weight is 291 g/mol. The summed E-state index contributed by atoms with van der Waals surface area (Å²) in [5, 5.41) is 6.25. The first kappa shape index (κ1) is 12.4. The van der Waals surface area contributed by atoms with Crippen LogP contribution in [0.1, 0.15) is 5.56 Å². The van der Waals surface area contributed by atoms with E-state index >= 15 is 0 Å². The van der Waals surface area contributed by atoms with Crippen LogP contribution in [0.3, 0.4) is 0 Å². The van der Waals surface area contributed by atoms with Gasteiger partial charge in [0.25, 0.3) is 0 Å². The predicted octanol–water partition coefficient (Wildman–Crippen LogP) is 3.25. The van der Waals surface area contributed by atoms with Gasteiger partial charge in [0.1, 0.15) is 5.15 Å². The summed E-state index contributed by atoms with van der Waals surface area (Å²) < 4.78 is 1.85. The van der Waals surface area contributed by atoms with Gasteiger partial charge in [-0.1, -0.05) is 53.7 Å². The van der Waals surface area contributed by atoms with E-state index in [0.717, 1.165) is 11.0 Å². The number of hydrogen-bond acceptors (Lipinski definition) is 4. The van der Waals surface area contributed by atoms with Crippen molar-refractivity contribution in [3.8, 4) is 0 Å². The van der Waals surface area contributed by atoms with Gasteiger partial charge in [0.05, 0.1) is 18.1 Å². The van der Waals surface area contributed by atoms with Crippen LogP contribution in [0.5, 0.6) is 0 Å². The highest BCUT2D eigenvalue weighted by molar-refractivity contribution is 7.98. The molecule has 0 aliphatic rings. The van der Waals surface area contributed by atoms with Gasteiger partial charge in [-0.25, -0.2) is 14.6 Å². The van der Waals surface area contributed by atoms with Crippen LogP contribution in [0.25, 0.3) is 11.0 Å². The molecule has 0 aliphatic carbocycles. The molecule has 0 N–H and O–H groups in total. The van der Waals surface area contributed by atoms with Crippen molar-refractivity contribution < 1.29 is 0 Å². The van der Waals surface area contributed by atoms with E-state index in [1.165, 1.54) is 17.3 Å². The minimum Gasteiger partial charge on any atom is -0.243 e. The predicted molar refractivity (Wildman–Crippen MR) is 77.7 cm³/mol. The van der Waals surface area contributed by atoms with Gasteiger partial charge in [-0.2, -0.15) is 5.10 Å². The second-order valence-electron chi connectivity index (χ2n) is 4.03. The molecule has 0 amide bonds. The Balaban J connectivity index is 2.07. The highest BCUT2D eigenvalue weighted by Gasteiger charge is 2.11. The first-order valence-corrected chi connectivity index (χ1v) is 7.35. The normalized spacial score (nSPS) is 11.1. The smallest absolute Gasteiger partial charge is 0.190 e. The zero-order valence-corrected chi connectivity index (χ0v) is 11.8. The largest absolute Gasteiger partial charge is 0.243 e. The summed E-state index contributed by atoms with van der Waals surface area (Å²) in [6, 6.07) is 10.1. The molecule has 4 nitrogen and oxygen atoms in total. The van der Waals surface area contributed by atoms with E-state index in [-0.39, 0.29) is 0 Å². The van der Waals surface area contributed by atoms with Gasteiger partial charge in [-0.3, -0.25) is 0 Å². The molecule has 0 unspecified atom stereocenters. The standard InChI is InChI=1S/C13H11ClN4S/c1-19-13-16-11(14)10-7-15-18(12(10)17-13)8-9-5-3-2-4-6-9/h2-7H,8H2,1H3. The van der Waals surface area contributed by atoms with Crippen LogP contribution in [0.4, 0.5) is 0 Å². The van der Waals surface area contributed by atoms with Crippen LogP contribution >= 0.6 is 23.4 Å². The number of hydrogen-bond donors (Lipinski definition) is 0. The lowest BCUT2D eigenvalue weighted by Gasteiger charge is -2.04. The maximum Gasteiger partial charge on any atom is 0.190 e. The Labute approximate surface area is 119 Å². The lowest BCUT2D eigenvalue weighted by atomic mass is 10.2. The molecule has 0 fully saturated rings. The molecule has 0 saturated heterocycles. The molecule has 0 aliphatic heterocycles. The molecule has 6 heteroatoms. The van der Waals surface area contributed by atoms with Crippen molar-refractivity contribution in [1.29, 1.82) is 0 Å². The van der Waals surface area contributed by atoms with Gasteiger partial charge in [0.2, 0.25) is 0 Å². The number of thioether (sulfide) groups is 1. The molecule has 0 spiro atoms. The van der Waals surface area contributed by atoms with E-state index in [1.54, 1.807) is 6.20 Å². The molecule has 2 heterocycles. The van der Waals surface area contributed by atoms with Crippen molar-refractivity contribution >= 4 is 34.4 Å². The van der Waals surface area contributed by atoms with Crippen molar-refractivity contribution in [1.82, 2.24) is 19.7 Å². The van der Waals surface area contributed by atoms with Crippen LogP contribution in [-0.2, 0) is 6.54 Å². The SMILES string of the molecule is CSc1nc(Cl)c2cnn(Cc3ccccc3)c2n1. The highest BCUT2D eigenvalue weighted by atomic mass is 35.5. The second kappa shape index (κ2) is 5.19. The number of nitrogens with zero attached hydrogens (tertiary/aromatic N) is 4. The molecular weight excluding hydrogens is 280 g/mol. The lowest BCUT2D eigenvalue weighted by Crippen LogP contribution is -2.03. The monoisotopic (exact) mass is 290 g/mol. The number of halogens is 1. The molecule has 96 valence electrons. The molecule has 0 radical (unpaired) electrons. The molecule has 2 aromatic heterocycles. The van der Waals surface area contributed by atoms with E-state index in [4.69, 9.17) is 11.6 Å². The molecule has 0 saturated carbocycles. The van der Waals surface area contributed by atoms with Crippen LogP contribution in [0.2, 0.25) is 5.15 Å². The molecule has 0 bridgehead atoms. The number of aromatic nitrogens is 4. The second-order valence-corrected chi connectivity index (χ2v) is 5.16. The van der Waals surface area contributed by atoms with Gasteiger partial charge in [0.15, 0.2) is 10.8 Å². The fourth-order valence-electron chi connectivity index (χ4n) is 1.87. The summed E-state index contributed by atoms with van der Waals surface area (Å²) in [4.78, 5) is 8.68. The van der Waals surface area contributed by atoms with Crippen LogP contribution in [0.15, 0.2) is 41.7 Å². The Morgan fingerprint density at radius 1 is 1.21 bits per heavy atom. The molecule has 3 rings (SSSR count). The van der Waals surface area contributed by atoms with Crippen LogP contribution in [0, 0.1) is 0 Å². The zero-order valence-electron chi connectivity index (χ0n) is 10.2. The maximum absolute atomic E-state index is 6.14. The minimum absolute atomic E-state index is 0.452. The fourth-order valence-corrected chi connectivity index (χ4v) is 2.49. The van der Waals surface area contributed by atoms with Gasteiger partial charge in [0, 0.05) is 0 Å². The van der Waals surface area contributed by atoms with E-state index in [9.17, 15) is 0 Å². The summed E-state index contributed by atoms with van der Waals surface area (Å²) in [6.45, 7) is 0.672. The average Bonchev–Trinajstić information content (AvgIpc) is 2.83. The Morgan fingerprint density at radius 2 is 2.00 bits per heavy atom. The first-order chi connectivity index (χ1) is 9.28. The van der Waals surface area contributed by atoms with Crippen molar-refractivity contribution in [2.75, 3.05) is 6.26 Å². The summed E-state index contributed by atoms with van der Waals surface area (Å²) >= 11 is 7.61. The molecule has 3 aromatic rings. The number of benzene rings is 1. The van der Waals surface area contributed by atoms with Gasteiger partial charge < -0.3 is 0 Å². The quantitative estimate of drug-likeness (QED) is 0.422. The summed E-state index contributed by atoms with van der Waals surface area (Å²) in [6.07, 6.45) is 3.64. The topological polar surface area (TPSA) is 43.6 Å². The van der Waals surface area contributed by atoms with Crippen LogP contribution in [-0.4, -0.2) is 26.0 Å². The van der Waals surface area contributed by atoms with Crippen molar-refractivity contribution in [2.45, 2.75) is 11.7 Å². The fraction of sp³-hybridized carbons (Fsp3) is 0.154. The van der Waals surface area contributed by atoms with E-state index in [1.807, 2.05) is 29.1 Å². The molecular formula is C13H11ClN4S. The van der Waals surface area contributed by atoms with Crippen LogP contribution < -0.4 is 0 Å². The Hall–Kier alpha value is -1.59. The summed E-state index contributed by atoms with van der Waals surface area (Å²) in [5.74, 6) is 0. The molecule has 0 atom stereocenters. The number of rotatable bonds is 3. The highest BCUT2D eigenvalue weighted by Crippen LogP contribution is 2.23. The Morgan fingerprint density at radius 3 is 2.74 bits per heavy atom. The third kappa shape index (κ3) is 2.43. The van der Waals surface area contributed by atoms with E-state index in [0.29, 0.717) is 16.9 Å². The van der Waals surface area contributed by atoms with E-state index in [2.05, 4.69) is 27.2 Å². The van der Waals surface area contributed by atoms with Crippen molar-refractivity contribution in [3.05, 3.63) is 47.2 Å². The van der Waals surface area contributed by atoms with Crippen molar-refractivity contribution in [3.63, 3.8) is 0 Å². The Bertz CT molecular complexity index is 711. The zero-order chi connectivity index (χ0) is 13.2. The third-order valence-corrected chi connectivity index (χ3v) is 3.62. The number of fused-ring (bicyclic) bond motifs is 1. The van der Waals surface area contributed by atoms with Gasteiger partial charge >= 0.3 is 0 Å². The Kier molecular flexibility index (Phi) is 3.40. The third-order valence-electron chi connectivity index (χ3n) is 2.79. The summed E-state index contributed by atoms with van der Waals surface area (Å²) in [7, 11) is 0.